The van der Waals surface area contributed by atoms with E-state index in [1.807, 2.05) is 0 Å². The maximum atomic E-state index is 11.5. The van der Waals surface area contributed by atoms with E-state index < -0.39 is 6.29 Å². The van der Waals surface area contributed by atoms with Gasteiger partial charge in [-0.25, -0.2) is 4.84 Å². The van der Waals surface area contributed by atoms with Gasteiger partial charge in [0.2, 0.25) is 0 Å². The molecule has 0 bridgehead atoms. The molecule has 0 aromatic rings. The fraction of sp³-hybridized carbons (Fsp3) is 0.733. The Morgan fingerprint density at radius 1 is 1.15 bits per heavy atom. The number of rotatable bonds is 3. The average Bonchev–Trinajstić information content (AvgIpc) is 2.69. The van der Waals surface area contributed by atoms with Crippen molar-refractivity contribution in [3.63, 3.8) is 0 Å². The highest BCUT2D eigenvalue weighted by atomic mass is 16.8. The molecule has 4 atom stereocenters. The Morgan fingerprint density at radius 3 is 2.50 bits per heavy atom. The topological polar surface area (TPSA) is 66.8 Å². The second-order valence-corrected chi connectivity index (χ2v) is 6.03. The van der Waals surface area contributed by atoms with Crippen LogP contribution in [0.2, 0.25) is 0 Å². The van der Waals surface area contributed by atoms with Crippen LogP contribution in [0, 0.1) is 17.8 Å². The lowest BCUT2D eigenvalue weighted by Crippen LogP contribution is -2.47. The predicted octanol–water partition coefficient (Wildman–Crippen LogP) is 1.77. The summed E-state index contributed by atoms with van der Waals surface area (Å²) in [4.78, 5) is 28.2. The molecule has 0 aromatic heterocycles. The molecule has 3 aliphatic rings. The SMILES string of the molecule is O=C1CCC(=O)N1OC(O)C1CC2CC/C=C/CCC21. The normalized spacial score (nSPS) is 36.9. The summed E-state index contributed by atoms with van der Waals surface area (Å²) in [5.74, 6) is 0.458. The zero-order chi connectivity index (χ0) is 14.1. The molecule has 5 heteroatoms. The van der Waals surface area contributed by atoms with E-state index in [4.69, 9.17) is 4.84 Å². The Labute approximate surface area is 118 Å². The lowest BCUT2D eigenvalue weighted by atomic mass is 9.60. The molecule has 1 saturated heterocycles. The number of aliphatic hydroxyl groups excluding tert-OH is 1. The minimum Gasteiger partial charge on any atom is -0.366 e. The average molecular weight is 279 g/mol. The molecule has 5 nitrogen and oxygen atoms in total. The first-order valence-corrected chi connectivity index (χ1v) is 7.52. The van der Waals surface area contributed by atoms with Crippen LogP contribution in [-0.2, 0) is 14.4 Å². The molecule has 0 spiro atoms. The van der Waals surface area contributed by atoms with Gasteiger partial charge >= 0.3 is 0 Å². The third kappa shape index (κ3) is 2.52. The smallest absolute Gasteiger partial charge is 0.254 e. The van der Waals surface area contributed by atoms with Crippen LogP contribution < -0.4 is 0 Å². The van der Waals surface area contributed by atoms with Crippen molar-refractivity contribution < 1.29 is 19.5 Å². The highest BCUT2D eigenvalue weighted by Gasteiger charge is 2.46. The first kappa shape index (κ1) is 13.8. The molecule has 110 valence electrons. The van der Waals surface area contributed by atoms with Gasteiger partial charge in [0.25, 0.3) is 11.8 Å². The van der Waals surface area contributed by atoms with E-state index in [-0.39, 0.29) is 30.6 Å². The van der Waals surface area contributed by atoms with Crippen molar-refractivity contribution in [2.24, 2.45) is 17.8 Å². The van der Waals surface area contributed by atoms with Gasteiger partial charge < -0.3 is 5.11 Å². The number of fused-ring (bicyclic) bond motifs is 1. The van der Waals surface area contributed by atoms with Gasteiger partial charge in [-0.05, 0) is 43.9 Å². The van der Waals surface area contributed by atoms with E-state index in [1.165, 1.54) is 0 Å². The zero-order valence-electron chi connectivity index (χ0n) is 11.5. The molecule has 4 unspecified atom stereocenters. The number of aliphatic hydroxyl groups is 1. The largest absolute Gasteiger partial charge is 0.366 e. The summed E-state index contributed by atoms with van der Waals surface area (Å²) in [5.41, 5.74) is 0. The Kier molecular flexibility index (Phi) is 3.89. The van der Waals surface area contributed by atoms with Gasteiger partial charge in [-0.2, -0.15) is 5.06 Å². The highest BCUT2D eigenvalue weighted by Crippen LogP contribution is 2.48. The van der Waals surface area contributed by atoms with Crippen LogP contribution in [0.3, 0.4) is 0 Å². The summed E-state index contributed by atoms with van der Waals surface area (Å²) in [7, 11) is 0. The summed E-state index contributed by atoms with van der Waals surface area (Å²) in [6.07, 6.45) is 9.05. The van der Waals surface area contributed by atoms with E-state index in [1.54, 1.807) is 0 Å². The Bertz CT molecular complexity index is 418. The zero-order valence-corrected chi connectivity index (χ0v) is 11.5. The van der Waals surface area contributed by atoms with Crippen molar-refractivity contribution in [2.45, 2.75) is 51.2 Å². The summed E-state index contributed by atoms with van der Waals surface area (Å²) >= 11 is 0. The lowest BCUT2D eigenvalue weighted by molar-refractivity contribution is -0.278. The van der Waals surface area contributed by atoms with Gasteiger partial charge in [0, 0.05) is 18.8 Å². The molecule has 2 fully saturated rings. The van der Waals surface area contributed by atoms with Crippen LogP contribution in [0.5, 0.6) is 0 Å². The summed E-state index contributed by atoms with van der Waals surface area (Å²) in [6, 6.07) is 0. The molecule has 1 saturated carbocycles. The second kappa shape index (κ2) is 5.66. The van der Waals surface area contributed by atoms with Gasteiger partial charge in [0.1, 0.15) is 0 Å². The fourth-order valence-corrected chi connectivity index (χ4v) is 3.66. The van der Waals surface area contributed by atoms with Crippen molar-refractivity contribution in [1.82, 2.24) is 5.06 Å². The third-order valence-corrected chi connectivity index (χ3v) is 4.85. The van der Waals surface area contributed by atoms with Gasteiger partial charge in [-0.15, -0.1) is 0 Å². The van der Waals surface area contributed by atoms with E-state index >= 15 is 0 Å². The molecule has 0 aromatic carbocycles. The van der Waals surface area contributed by atoms with Gasteiger partial charge in [-0.3, -0.25) is 9.59 Å². The first-order valence-electron chi connectivity index (χ1n) is 7.52. The Balaban J connectivity index is 1.58. The molecule has 3 rings (SSSR count). The fourth-order valence-electron chi connectivity index (χ4n) is 3.66. The van der Waals surface area contributed by atoms with Gasteiger partial charge in [-0.1, -0.05) is 12.2 Å². The monoisotopic (exact) mass is 279 g/mol. The Hall–Kier alpha value is -1.20. The molecular weight excluding hydrogens is 258 g/mol. The predicted molar refractivity (Wildman–Crippen MR) is 70.9 cm³/mol. The number of hydroxylamine groups is 2. The van der Waals surface area contributed by atoms with E-state index in [0.29, 0.717) is 11.8 Å². The summed E-state index contributed by atoms with van der Waals surface area (Å²) < 4.78 is 0. The minimum absolute atomic E-state index is 0.0488. The standard InChI is InChI=1S/C15H21NO4/c17-13-7-8-14(18)16(13)20-15(19)12-9-10-5-3-1-2-4-6-11(10)12/h1-2,10-12,15,19H,3-9H2/b2-1+. The van der Waals surface area contributed by atoms with E-state index in [2.05, 4.69) is 12.2 Å². The molecular formula is C15H21NO4. The maximum Gasteiger partial charge on any atom is 0.254 e. The van der Waals surface area contributed by atoms with Gasteiger partial charge in [0.15, 0.2) is 6.29 Å². The number of allylic oxidation sites excluding steroid dienone is 2. The summed E-state index contributed by atoms with van der Waals surface area (Å²) in [6.45, 7) is 0. The Morgan fingerprint density at radius 2 is 1.80 bits per heavy atom. The molecule has 1 aliphatic heterocycles. The van der Waals surface area contributed by atoms with Crippen molar-refractivity contribution >= 4 is 11.8 Å². The number of nitrogens with zero attached hydrogens (tertiary/aromatic N) is 1. The van der Waals surface area contributed by atoms with Crippen molar-refractivity contribution in [3.05, 3.63) is 12.2 Å². The molecule has 2 aliphatic carbocycles. The molecule has 2 amide bonds. The number of amides is 2. The number of carbonyl (C=O) groups excluding carboxylic acids is 2. The van der Waals surface area contributed by atoms with Crippen molar-refractivity contribution in [3.8, 4) is 0 Å². The van der Waals surface area contributed by atoms with E-state index in [9.17, 15) is 14.7 Å². The van der Waals surface area contributed by atoms with Crippen LogP contribution in [0.1, 0.15) is 44.9 Å². The van der Waals surface area contributed by atoms with Gasteiger partial charge in [0.05, 0.1) is 0 Å². The number of hydrogen-bond acceptors (Lipinski definition) is 4. The molecule has 20 heavy (non-hydrogen) atoms. The molecule has 1 heterocycles. The number of carbonyl (C=O) groups is 2. The molecule has 1 N–H and O–H groups in total. The number of imide groups is 1. The van der Waals surface area contributed by atoms with E-state index in [0.717, 1.165) is 37.2 Å². The number of hydrogen-bond donors (Lipinski definition) is 1. The van der Waals surface area contributed by atoms with Crippen LogP contribution in [0.25, 0.3) is 0 Å². The maximum absolute atomic E-state index is 11.5. The first-order chi connectivity index (χ1) is 9.66. The van der Waals surface area contributed by atoms with Crippen molar-refractivity contribution in [2.75, 3.05) is 0 Å². The lowest BCUT2D eigenvalue weighted by Gasteiger charge is -2.47. The van der Waals surface area contributed by atoms with Crippen LogP contribution in [0.4, 0.5) is 0 Å². The molecule has 0 radical (unpaired) electrons. The van der Waals surface area contributed by atoms with Crippen molar-refractivity contribution in [1.29, 1.82) is 0 Å². The second-order valence-electron chi connectivity index (χ2n) is 6.03. The minimum atomic E-state index is -1.04. The van der Waals surface area contributed by atoms with Crippen LogP contribution in [0.15, 0.2) is 12.2 Å². The van der Waals surface area contributed by atoms with Crippen LogP contribution in [-0.4, -0.2) is 28.3 Å². The summed E-state index contributed by atoms with van der Waals surface area (Å²) in [5, 5.41) is 10.9. The van der Waals surface area contributed by atoms with Crippen LogP contribution >= 0.6 is 0 Å². The highest BCUT2D eigenvalue weighted by molar-refractivity contribution is 6.00. The quantitative estimate of drug-likeness (QED) is 0.486. The third-order valence-electron chi connectivity index (χ3n) is 4.85.